The van der Waals surface area contributed by atoms with Gasteiger partial charge in [0.15, 0.2) is 11.9 Å². The molecular weight excluding hydrogens is 813 g/mol. The number of nitrogen functional groups attached to an aromatic ring is 1. The second-order valence-corrected chi connectivity index (χ2v) is 18.3. The molecule has 350 valence electrons. The van der Waals surface area contributed by atoms with Gasteiger partial charge in [0.1, 0.15) is 29.9 Å². The molecule has 0 spiro atoms. The fourth-order valence-corrected chi connectivity index (χ4v) is 9.86. The van der Waals surface area contributed by atoms with Crippen LogP contribution in [-0.2, 0) is 49.2 Å². The fourth-order valence-electron chi connectivity index (χ4n) is 9.86. The minimum atomic E-state index is -1.47. The second kappa shape index (κ2) is 21.0. The van der Waals surface area contributed by atoms with Gasteiger partial charge in [0, 0.05) is 62.3 Å². The van der Waals surface area contributed by atoms with Crippen LogP contribution in [0.25, 0.3) is 0 Å². The number of Topliss-reactive ketones (excluding diaryl/α,β-unsaturated/α-hetero) is 1. The fraction of sp³-hybridized carbons (Fsp3) is 0.696. The predicted molar refractivity (Wildman–Crippen MR) is 234 cm³/mol. The summed E-state index contributed by atoms with van der Waals surface area (Å²) in [4.78, 5) is 69.4. The summed E-state index contributed by atoms with van der Waals surface area (Å²) in [7, 11) is 5.26. The number of anilines is 2. The van der Waals surface area contributed by atoms with Crippen molar-refractivity contribution in [2.75, 3.05) is 45.3 Å². The lowest BCUT2D eigenvalue weighted by Crippen LogP contribution is -2.61. The van der Waals surface area contributed by atoms with Crippen molar-refractivity contribution in [3.05, 3.63) is 48.4 Å². The Hall–Kier alpha value is -4.42. The van der Waals surface area contributed by atoms with E-state index in [0.717, 1.165) is 0 Å². The minimum absolute atomic E-state index is 0.0304. The average molecular weight is 883 g/mol. The molecule has 0 aliphatic carbocycles. The van der Waals surface area contributed by atoms with Crippen molar-refractivity contribution < 1.29 is 52.7 Å². The predicted octanol–water partition coefficient (Wildman–Crippen LogP) is 4.65. The van der Waals surface area contributed by atoms with Crippen LogP contribution in [0.15, 0.2) is 42.7 Å². The zero-order valence-electron chi connectivity index (χ0n) is 38.8. The van der Waals surface area contributed by atoms with E-state index in [1.165, 1.54) is 18.2 Å². The van der Waals surface area contributed by atoms with E-state index in [-0.39, 0.29) is 50.3 Å². The molecule has 3 aliphatic heterocycles. The Kier molecular flexibility index (Phi) is 16.6. The van der Waals surface area contributed by atoms with Gasteiger partial charge in [-0.2, -0.15) is 0 Å². The summed E-state index contributed by atoms with van der Waals surface area (Å²) < 4.78 is 38.4. The molecule has 3 saturated heterocycles. The first-order valence-electron chi connectivity index (χ1n) is 22.2. The molecule has 14 atom stereocenters. The second-order valence-electron chi connectivity index (χ2n) is 18.3. The normalized spacial score (nSPS) is 35.6. The number of esters is 2. The smallest absolute Gasteiger partial charge is 0.410 e. The average Bonchev–Trinajstić information content (AvgIpc) is 3.51. The first kappa shape index (κ1) is 49.6. The first-order chi connectivity index (χ1) is 29.7. The molecular formula is C46H70N6O11. The van der Waals surface area contributed by atoms with Crippen molar-refractivity contribution in [3.63, 3.8) is 0 Å². The number of pyridine rings is 2. The van der Waals surface area contributed by atoms with Gasteiger partial charge >= 0.3 is 18.0 Å². The van der Waals surface area contributed by atoms with Crippen LogP contribution in [-0.4, -0.2) is 143 Å². The van der Waals surface area contributed by atoms with Crippen LogP contribution in [0.3, 0.4) is 0 Å². The van der Waals surface area contributed by atoms with E-state index in [4.69, 9.17) is 34.2 Å². The number of aliphatic hydroxyl groups is 1. The number of nitrogens with two attached hydrogens (primary N) is 1. The highest BCUT2D eigenvalue weighted by Crippen LogP contribution is 2.44. The highest BCUT2D eigenvalue weighted by Gasteiger charge is 2.60. The monoisotopic (exact) mass is 883 g/mol. The Morgan fingerprint density at radius 3 is 2.41 bits per heavy atom. The Labute approximate surface area is 372 Å². The Bertz CT molecular complexity index is 1860. The van der Waals surface area contributed by atoms with Crippen molar-refractivity contribution in [3.8, 4) is 0 Å². The molecule has 0 bridgehead atoms. The maximum atomic E-state index is 14.9. The summed E-state index contributed by atoms with van der Waals surface area (Å²) in [6, 6.07) is 7.69. The van der Waals surface area contributed by atoms with Crippen LogP contribution in [0, 0.1) is 23.7 Å². The number of aromatic nitrogens is 2. The highest BCUT2D eigenvalue weighted by molar-refractivity contribution is 5.85. The number of rotatable bonds is 13. The highest BCUT2D eigenvalue weighted by atomic mass is 16.7. The zero-order chi connectivity index (χ0) is 46.4. The third-order valence-corrected chi connectivity index (χ3v) is 13.4. The number of carbonyl (C=O) groups excluding carboxylic acids is 4. The Balaban J connectivity index is 1.57. The van der Waals surface area contributed by atoms with Gasteiger partial charge in [-0.1, -0.05) is 33.8 Å². The van der Waals surface area contributed by atoms with E-state index in [9.17, 15) is 24.3 Å². The molecule has 5 heterocycles. The standard InChI is InChI=1S/C46H70N6O11/c1-12-34-46(8)40(52(44(57)63-46)22-21-49-35-18-16-31(47)25-50-35)28(4)37(54)26(2)24-45(7,58-11)41(62-43-38(55)33(51(9)10)23-27(3)59-43)29(5)39(30(6)42(56)60-34)61-36(53)19-17-32-15-13-14-20-48-32/h13-16,18,20,25-30,33-34,38-41,43,55H,12,17,19,21-24,47H2,1-11H3,(H,49,50)/t26-,27-,28+,29-,30-,33+,34-,38-,39-,40+,41-,43?,45-,46-/m1/s1. The van der Waals surface area contributed by atoms with Crippen molar-refractivity contribution in [1.82, 2.24) is 19.8 Å². The van der Waals surface area contributed by atoms with Gasteiger partial charge in [0.25, 0.3) is 0 Å². The van der Waals surface area contributed by atoms with Gasteiger partial charge in [-0.25, -0.2) is 9.78 Å². The van der Waals surface area contributed by atoms with Gasteiger partial charge < -0.3 is 49.5 Å². The summed E-state index contributed by atoms with van der Waals surface area (Å²) in [5.74, 6) is -4.31. The number of fused-ring (bicyclic) bond motifs is 1. The first-order valence-corrected chi connectivity index (χ1v) is 22.2. The number of ether oxygens (including phenoxy) is 6. The molecule has 5 rings (SSSR count). The van der Waals surface area contributed by atoms with Crippen LogP contribution >= 0.6 is 0 Å². The number of aryl methyl sites for hydroxylation is 1. The molecule has 17 nitrogen and oxygen atoms in total. The van der Waals surface area contributed by atoms with Crippen LogP contribution < -0.4 is 11.1 Å². The molecule has 1 amide bonds. The van der Waals surface area contributed by atoms with Gasteiger partial charge in [-0.3, -0.25) is 24.3 Å². The Morgan fingerprint density at radius 1 is 1.06 bits per heavy atom. The third kappa shape index (κ3) is 11.3. The molecule has 3 fully saturated rings. The van der Waals surface area contributed by atoms with Gasteiger partial charge in [-0.15, -0.1) is 0 Å². The number of carbonyl (C=O) groups is 4. The van der Waals surface area contributed by atoms with Gasteiger partial charge in [0.2, 0.25) is 0 Å². The number of aliphatic hydroxyl groups excluding tert-OH is 1. The van der Waals surface area contributed by atoms with Gasteiger partial charge in [-0.05, 0) is 85.3 Å². The lowest BCUT2D eigenvalue weighted by atomic mass is 9.73. The van der Waals surface area contributed by atoms with Crippen LogP contribution in [0.4, 0.5) is 16.3 Å². The van der Waals surface area contributed by atoms with Gasteiger partial charge in [0.05, 0.1) is 48.1 Å². The van der Waals surface area contributed by atoms with E-state index >= 15 is 0 Å². The quantitative estimate of drug-likeness (QED) is 0.184. The van der Waals surface area contributed by atoms with E-state index in [0.29, 0.717) is 30.0 Å². The van der Waals surface area contributed by atoms with Crippen molar-refractivity contribution in [2.24, 2.45) is 23.7 Å². The number of hydrogen-bond acceptors (Lipinski definition) is 16. The summed E-state index contributed by atoms with van der Waals surface area (Å²) in [5, 5.41) is 14.9. The summed E-state index contributed by atoms with van der Waals surface area (Å²) >= 11 is 0. The molecule has 0 saturated carbocycles. The van der Waals surface area contributed by atoms with Crippen LogP contribution in [0.2, 0.25) is 0 Å². The van der Waals surface area contributed by atoms with E-state index in [1.54, 1.807) is 52.1 Å². The van der Waals surface area contributed by atoms with E-state index in [1.807, 2.05) is 58.8 Å². The van der Waals surface area contributed by atoms with Crippen LogP contribution in [0.5, 0.6) is 0 Å². The Morgan fingerprint density at radius 2 is 1.79 bits per heavy atom. The SMILES string of the molecule is CC[C@H]1OC(=O)[C@H](C)[C@H](OC(=O)CCc2ccccn2)[C@@H](C)[C@@H](OC2O[C@H](C)C[C@H](N(C)C)[C@H]2O)[C@](C)(OC)C[C@@H](C)C(=O)[C@H](C)[C@@H]2N(CCNc3ccc(N)cn3)C(=O)O[C@@]21C. The molecule has 0 aromatic carbocycles. The summed E-state index contributed by atoms with van der Waals surface area (Å²) in [6.07, 6.45) is -2.06. The lowest BCUT2D eigenvalue weighted by Gasteiger charge is -2.48. The molecule has 2 aromatic rings. The topological polar surface area (TPSA) is 214 Å². The van der Waals surface area contributed by atoms with E-state index in [2.05, 4.69) is 15.3 Å². The molecule has 17 heteroatoms. The number of nitrogens with one attached hydrogen (secondary N) is 1. The number of hydrogen-bond donors (Lipinski definition) is 3. The van der Waals surface area contributed by atoms with Crippen LogP contribution in [0.1, 0.15) is 86.8 Å². The molecule has 63 heavy (non-hydrogen) atoms. The molecule has 3 aliphatic rings. The van der Waals surface area contributed by atoms with Crippen molar-refractivity contribution in [1.29, 1.82) is 0 Å². The summed E-state index contributed by atoms with van der Waals surface area (Å²) in [5.41, 5.74) is 4.25. The number of amides is 1. The lowest BCUT2D eigenvalue weighted by molar-refractivity contribution is -0.301. The molecule has 2 aromatic heterocycles. The maximum Gasteiger partial charge on any atom is 0.410 e. The van der Waals surface area contributed by atoms with Crippen molar-refractivity contribution >= 4 is 35.3 Å². The maximum absolute atomic E-state index is 14.9. The third-order valence-electron chi connectivity index (χ3n) is 13.4. The number of nitrogens with zero attached hydrogens (tertiary/aromatic N) is 4. The number of likely N-dealkylation sites (N-methyl/N-ethyl adjacent to an activating group) is 1. The van der Waals surface area contributed by atoms with Crippen molar-refractivity contribution in [2.45, 2.75) is 148 Å². The number of ketones is 1. The zero-order valence-corrected chi connectivity index (χ0v) is 38.8. The largest absolute Gasteiger partial charge is 0.461 e. The molecule has 4 N–H and O–H groups in total. The minimum Gasteiger partial charge on any atom is -0.461 e. The number of methoxy groups -OCH3 is 1. The molecule has 0 radical (unpaired) electrons. The molecule has 1 unspecified atom stereocenters. The van der Waals surface area contributed by atoms with E-state index < -0.39 is 89.7 Å². The summed E-state index contributed by atoms with van der Waals surface area (Å²) in [6.45, 7) is 14.6. The number of cyclic esters (lactones) is 1.